The second-order valence-electron chi connectivity index (χ2n) is 5.67. The van der Waals surface area contributed by atoms with Crippen molar-refractivity contribution in [3.8, 4) is 0 Å². The van der Waals surface area contributed by atoms with Crippen LogP contribution in [-0.2, 0) is 14.6 Å². The van der Waals surface area contributed by atoms with Gasteiger partial charge in [0, 0.05) is 6.54 Å². The third kappa shape index (κ3) is 2.13. The minimum atomic E-state index is -3.00. The van der Waals surface area contributed by atoms with Gasteiger partial charge < -0.3 is 4.74 Å². The summed E-state index contributed by atoms with van der Waals surface area (Å²) in [5.41, 5.74) is -0.982. The molecule has 0 spiro atoms. The maximum atomic E-state index is 12.1. The van der Waals surface area contributed by atoms with Crippen LogP contribution in [0.1, 0.15) is 40.0 Å². The summed E-state index contributed by atoms with van der Waals surface area (Å²) < 4.78 is 30.1. The van der Waals surface area contributed by atoms with Crippen LogP contribution in [0, 0.1) is 0 Å². The van der Waals surface area contributed by atoms with Crippen molar-refractivity contribution in [1.29, 1.82) is 0 Å². The molecule has 0 bridgehead atoms. The van der Waals surface area contributed by atoms with E-state index in [1.54, 1.807) is 0 Å². The van der Waals surface area contributed by atoms with Crippen LogP contribution in [0.15, 0.2) is 0 Å². The van der Waals surface area contributed by atoms with Crippen LogP contribution >= 0.6 is 0 Å². The molecular weight excluding hydrogens is 226 g/mol. The van der Waals surface area contributed by atoms with Gasteiger partial charge in [0.1, 0.15) is 11.0 Å². The summed E-state index contributed by atoms with van der Waals surface area (Å²) in [7, 11) is -3.00. The zero-order valence-electron chi connectivity index (χ0n) is 10.2. The van der Waals surface area contributed by atoms with Crippen molar-refractivity contribution in [2.75, 3.05) is 12.3 Å². The van der Waals surface area contributed by atoms with E-state index in [1.165, 1.54) is 0 Å². The Morgan fingerprint density at radius 2 is 1.94 bits per heavy atom. The predicted molar refractivity (Wildman–Crippen MR) is 63.0 cm³/mol. The molecule has 2 rings (SSSR count). The average molecular weight is 247 g/mol. The van der Waals surface area contributed by atoms with E-state index in [9.17, 15) is 8.42 Å². The van der Waals surface area contributed by atoms with Crippen molar-refractivity contribution in [2.45, 2.75) is 56.6 Å². The van der Waals surface area contributed by atoms with Crippen LogP contribution in [0.2, 0.25) is 0 Å². The van der Waals surface area contributed by atoms with Gasteiger partial charge in [-0.25, -0.2) is 8.42 Å². The summed E-state index contributed by atoms with van der Waals surface area (Å²) in [6, 6.07) is 0. The lowest BCUT2D eigenvalue weighted by molar-refractivity contribution is -0.0823. The monoisotopic (exact) mass is 247 g/mol. The minimum Gasteiger partial charge on any atom is -0.352 e. The normalized spacial score (nSPS) is 42.1. The average Bonchev–Trinajstić information content (AvgIpc) is 2.40. The fourth-order valence-corrected chi connectivity index (χ4v) is 5.02. The molecule has 2 aliphatic rings. The van der Waals surface area contributed by atoms with Crippen molar-refractivity contribution in [1.82, 2.24) is 5.32 Å². The molecule has 1 N–H and O–H groups in total. The first-order valence-corrected chi connectivity index (χ1v) is 7.64. The third-order valence-electron chi connectivity index (χ3n) is 3.55. The molecule has 2 unspecified atom stereocenters. The Hall–Kier alpha value is -0.130. The first-order chi connectivity index (χ1) is 7.25. The highest BCUT2D eigenvalue weighted by Crippen LogP contribution is 2.35. The Balaban J connectivity index is 2.24. The summed E-state index contributed by atoms with van der Waals surface area (Å²) in [5, 5.41) is 2.85. The van der Waals surface area contributed by atoms with E-state index in [2.05, 4.69) is 5.32 Å². The van der Waals surface area contributed by atoms with E-state index in [4.69, 9.17) is 4.74 Å². The predicted octanol–water partition coefficient (Wildman–Crippen LogP) is 1.07. The Bertz CT molecular complexity index is 377. The molecule has 5 heteroatoms. The Morgan fingerprint density at radius 1 is 1.25 bits per heavy atom. The molecule has 16 heavy (non-hydrogen) atoms. The second kappa shape index (κ2) is 3.68. The van der Waals surface area contributed by atoms with Gasteiger partial charge >= 0.3 is 0 Å². The zero-order valence-corrected chi connectivity index (χ0v) is 11.1. The van der Waals surface area contributed by atoms with Gasteiger partial charge in [0.2, 0.25) is 0 Å². The molecular formula is C11H21NO3S. The molecule has 0 aromatic carbocycles. The molecule has 2 atom stereocenters. The third-order valence-corrected chi connectivity index (χ3v) is 5.96. The number of hydrogen-bond donors (Lipinski definition) is 1. The van der Waals surface area contributed by atoms with E-state index >= 15 is 0 Å². The number of sulfone groups is 1. The molecule has 0 amide bonds. The number of rotatable bonds is 1. The molecule has 0 aromatic heterocycles. The molecule has 0 aromatic rings. The molecule has 4 nitrogen and oxygen atoms in total. The van der Waals surface area contributed by atoms with Crippen molar-refractivity contribution < 1.29 is 13.2 Å². The molecule has 2 aliphatic heterocycles. The number of nitrogens with one attached hydrogen (secondary N) is 1. The van der Waals surface area contributed by atoms with Crippen LogP contribution in [0.25, 0.3) is 0 Å². The molecule has 2 heterocycles. The maximum Gasteiger partial charge on any atom is 0.157 e. The fraction of sp³-hybridized carbons (Fsp3) is 1.00. The van der Waals surface area contributed by atoms with E-state index in [0.29, 0.717) is 18.7 Å². The van der Waals surface area contributed by atoms with E-state index < -0.39 is 20.8 Å². The summed E-state index contributed by atoms with van der Waals surface area (Å²) in [5.74, 6) is 0.304. The highest BCUT2D eigenvalue weighted by atomic mass is 32.2. The summed E-state index contributed by atoms with van der Waals surface area (Å²) in [4.78, 5) is 0. The first-order valence-electron chi connectivity index (χ1n) is 5.92. The molecule has 0 aliphatic carbocycles. The van der Waals surface area contributed by atoms with Gasteiger partial charge in [-0.1, -0.05) is 6.42 Å². The Labute approximate surface area is 97.7 Å². The highest BCUT2D eigenvalue weighted by molar-refractivity contribution is 7.92. The van der Waals surface area contributed by atoms with Crippen molar-refractivity contribution in [3.05, 3.63) is 0 Å². The lowest BCUT2D eigenvalue weighted by Crippen LogP contribution is -2.54. The van der Waals surface area contributed by atoms with Gasteiger partial charge in [0.15, 0.2) is 9.84 Å². The number of ether oxygens (including phenoxy) is 1. The highest BCUT2D eigenvalue weighted by Gasteiger charge is 2.51. The standard InChI is InChI=1S/C11H21NO3S/c1-10(2)8-12-11(3,15-10)9-6-4-5-7-16(9,13)14/h9,12H,4-8H2,1-3H3. The maximum absolute atomic E-state index is 12.1. The smallest absolute Gasteiger partial charge is 0.157 e. The van der Waals surface area contributed by atoms with Crippen LogP contribution in [0.5, 0.6) is 0 Å². The van der Waals surface area contributed by atoms with Gasteiger partial charge in [-0.3, -0.25) is 5.32 Å². The van der Waals surface area contributed by atoms with Gasteiger partial charge in [0.05, 0.1) is 11.4 Å². The second-order valence-corrected chi connectivity index (χ2v) is 7.98. The summed E-state index contributed by atoms with van der Waals surface area (Å²) in [6.07, 6.45) is 2.48. The fourth-order valence-electron chi connectivity index (χ4n) is 2.79. The number of hydrogen-bond acceptors (Lipinski definition) is 4. The summed E-state index contributed by atoms with van der Waals surface area (Å²) >= 11 is 0. The SMILES string of the molecule is CC1(C)CNC(C)(C2CCCCS2(=O)=O)O1. The van der Waals surface area contributed by atoms with E-state index in [-0.39, 0.29) is 5.60 Å². The van der Waals surface area contributed by atoms with Crippen LogP contribution in [0.4, 0.5) is 0 Å². The van der Waals surface area contributed by atoms with Crippen molar-refractivity contribution in [3.63, 3.8) is 0 Å². The zero-order chi connectivity index (χ0) is 12.0. The first kappa shape index (κ1) is 12.3. The lowest BCUT2D eigenvalue weighted by Gasteiger charge is -2.36. The molecule has 94 valence electrons. The Morgan fingerprint density at radius 3 is 2.44 bits per heavy atom. The Kier molecular flexibility index (Phi) is 2.84. The molecule has 0 radical (unpaired) electrons. The van der Waals surface area contributed by atoms with Gasteiger partial charge in [-0.15, -0.1) is 0 Å². The topological polar surface area (TPSA) is 55.4 Å². The van der Waals surface area contributed by atoms with E-state index in [0.717, 1.165) is 12.8 Å². The lowest BCUT2D eigenvalue weighted by atomic mass is 10.1. The molecule has 2 fully saturated rings. The largest absolute Gasteiger partial charge is 0.352 e. The van der Waals surface area contributed by atoms with Crippen molar-refractivity contribution in [2.24, 2.45) is 0 Å². The summed E-state index contributed by atoms with van der Waals surface area (Å²) in [6.45, 7) is 6.55. The van der Waals surface area contributed by atoms with Gasteiger partial charge in [0.25, 0.3) is 0 Å². The molecule has 0 saturated carbocycles. The quantitative estimate of drug-likeness (QED) is 0.753. The van der Waals surface area contributed by atoms with Gasteiger partial charge in [-0.2, -0.15) is 0 Å². The minimum absolute atomic E-state index is 0.276. The van der Waals surface area contributed by atoms with Crippen LogP contribution in [0.3, 0.4) is 0 Å². The van der Waals surface area contributed by atoms with E-state index in [1.807, 2.05) is 20.8 Å². The van der Waals surface area contributed by atoms with Crippen LogP contribution < -0.4 is 5.32 Å². The van der Waals surface area contributed by atoms with Crippen molar-refractivity contribution >= 4 is 9.84 Å². The van der Waals surface area contributed by atoms with Gasteiger partial charge in [-0.05, 0) is 33.6 Å². The molecule has 2 saturated heterocycles. The van der Waals surface area contributed by atoms with Crippen LogP contribution in [-0.4, -0.2) is 37.3 Å².